The second-order valence-corrected chi connectivity index (χ2v) is 7.93. The molecule has 4 nitrogen and oxygen atoms in total. The molecule has 0 bridgehead atoms. The summed E-state index contributed by atoms with van der Waals surface area (Å²) in [5.41, 5.74) is 5.84. The first-order valence-corrected chi connectivity index (χ1v) is 8.78. The molecule has 0 saturated heterocycles. The van der Waals surface area contributed by atoms with E-state index in [2.05, 4.69) is 0 Å². The fraction of sp³-hybridized carbons (Fsp3) is 0.600. The molecular weight excluding hydrogens is 291 g/mol. The summed E-state index contributed by atoms with van der Waals surface area (Å²) in [6.45, 7) is 1.95. The van der Waals surface area contributed by atoms with E-state index < -0.39 is 15.8 Å². The van der Waals surface area contributed by atoms with Crippen molar-refractivity contribution in [2.45, 2.75) is 43.9 Å². The van der Waals surface area contributed by atoms with E-state index in [1.54, 1.807) is 7.05 Å². The first-order chi connectivity index (χ1) is 9.82. The summed E-state index contributed by atoms with van der Waals surface area (Å²) in [5.74, 6) is -0.190. The minimum Gasteiger partial charge on any atom is -0.399 e. The van der Waals surface area contributed by atoms with Gasteiger partial charge in [-0.05, 0) is 37.8 Å². The van der Waals surface area contributed by atoms with Crippen LogP contribution in [0.4, 0.5) is 10.1 Å². The Kier molecular flexibility index (Phi) is 4.88. The van der Waals surface area contributed by atoms with Gasteiger partial charge in [0.15, 0.2) is 0 Å². The number of nitrogens with zero attached hydrogens (tertiary/aromatic N) is 1. The van der Waals surface area contributed by atoms with Gasteiger partial charge < -0.3 is 5.73 Å². The summed E-state index contributed by atoms with van der Waals surface area (Å²) in [6.07, 6.45) is 5.66. The molecule has 21 heavy (non-hydrogen) atoms. The van der Waals surface area contributed by atoms with Crippen LogP contribution in [0.25, 0.3) is 0 Å². The maximum Gasteiger partial charge on any atom is 0.243 e. The van der Waals surface area contributed by atoms with Crippen molar-refractivity contribution < 1.29 is 12.8 Å². The third-order valence-electron chi connectivity index (χ3n) is 4.25. The number of halogens is 1. The number of rotatable bonds is 4. The van der Waals surface area contributed by atoms with Crippen LogP contribution in [-0.2, 0) is 10.0 Å². The van der Waals surface area contributed by atoms with Crippen molar-refractivity contribution in [2.75, 3.05) is 19.3 Å². The molecule has 1 aliphatic rings. The van der Waals surface area contributed by atoms with Crippen LogP contribution in [0, 0.1) is 18.7 Å². The molecule has 118 valence electrons. The first-order valence-electron chi connectivity index (χ1n) is 7.34. The van der Waals surface area contributed by atoms with E-state index >= 15 is 0 Å². The van der Waals surface area contributed by atoms with Gasteiger partial charge in [0.1, 0.15) is 5.82 Å². The lowest BCUT2D eigenvalue weighted by atomic mass is 9.89. The fourth-order valence-corrected chi connectivity index (χ4v) is 4.45. The van der Waals surface area contributed by atoms with Crippen molar-refractivity contribution in [2.24, 2.45) is 5.92 Å². The molecule has 0 atom stereocenters. The third kappa shape index (κ3) is 3.55. The van der Waals surface area contributed by atoms with Crippen LogP contribution in [0.15, 0.2) is 17.0 Å². The van der Waals surface area contributed by atoms with E-state index in [1.807, 2.05) is 0 Å². The van der Waals surface area contributed by atoms with Crippen molar-refractivity contribution in [3.05, 3.63) is 23.5 Å². The minimum atomic E-state index is -3.70. The number of hydrogen-bond donors (Lipinski definition) is 1. The zero-order valence-electron chi connectivity index (χ0n) is 12.6. The van der Waals surface area contributed by atoms with Gasteiger partial charge in [0, 0.05) is 24.8 Å². The molecule has 2 N–H and O–H groups in total. The third-order valence-corrected chi connectivity index (χ3v) is 6.20. The van der Waals surface area contributed by atoms with Gasteiger partial charge in [-0.25, -0.2) is 17.1 Å². The van der Waals surface area contributed by atoms with Crippen LogP contribution in [-0.4, -0.2) is 26.3 Å². The predicted octanol–water partition coefficient (Wildman–Crippen LogP) is 2.92. The lowest BCUT2D eigenvalue weighted by molar-refractivity contribution is 0.300. The van der Waals surface area contributed by atoms with Crippen LogP contribution in [0.2, 0.25) is 0 Å². The molecule has 0 radical (unpaired) electrons. The first kappa shape index (κ1) is 16.2. The SMILES string of the molecule is Cc1c(F)cc(N)cc1S(=O)(=O)N(C)CC1CCCCC1. The van der Waals surface area contributed by atoms with E-state index in [-0.39, 0.29) is 16.1 Å². The quantitative estimate of drug-likeness (QED) is 0.869. The average Bonchev–Trinajstić information content (AvgIpc) is 2.43. The highest BCUT2D eigenvalue weighted by atomic mass is 32.2. The fourth-order valence-electron chi connectivity index (χ4n) is 2.94. The summed E-state index contributed by atoms with van der Waals surface area (Å²) in [6, 6.07) is 2.49. The van der Waals surface area contributed by atoms with Gasteiger partial charge in [-0.15, -0.1) is 0 Å². The number of benzene rings is 1. The minimum absolute atomic E-state index is 0.0293. The molecule has 1 saturated carbocycles. The molecule has 0 heterocycles. The molecule has 0 aromatic heterocycles. The summed E-state index contributed by atoms with van der Waals surface area (Å²) in [7, 11) is -2.14. The number of nitrogen functional groups attached to an aromatic ring is 1. The molecule has 1 aliphatic carbocycles. The molecule has 1 aromatic rings. The van der Waals surface area contributed by atoms with Gasteiger partial charge in [0.05, 0.1) is 4.90 Å². The molecular formula is C15H23FN2O2S. The van der Waals surface area contributed by atoms with Crippen LogP contribution >= 0.6 is 0 Å². The smallest absolute Gasteiger partial charge is 0.243 e. The molecule has 0 aliphatic heterocycles. The summed E-state index contributed by atoms with van der Waals surface area (Å²) < 4.78 is 40.3. The Labute approximate surface area is 126 Å². The topological polar surface area (TPSA) is 63.4 Å². The van der Waals surface area contributed by atoms with Gasteiger partial charge >= 0.3 is 0 Å². The Morgan fingerprint density at radius 3 is 2.52 bits per heavy atom. The Hall–Kier alpha value is -1.14. The summed E-state index contributed by atoms with van der Waals surface area (Å²) in [4.78, 5) is -0.0293. The van der Waals surface area contributed by atoms with Crippen LogP contribution in [0.1, 0.15) is 37.7 Å². The van der Waals surface area contributed by atoms with Crippen molar-refractivity contribution in [3.63, 3.8) is 0 Å². The van der Waals surface area contributed by atoms with E-state index in [1.165, 1.54) is 23.7 Å². The maximum absolute atomic E-state index is 13.7. The van der Waals surface area contributed by atoms with Crippen LogP contribution < -0.4 is 5.73 Å². The standard InChI is InChI=1S/C15H23FN2O2S/c1-11-14(16)8-13(17)9-15(11)21(19,20)18(2)10-12-6-4-3-5-7-12/h8-9,12H,3-7,10,17H2,1-2H3. The monoisotopic (exact) mass is 314 g/mol. The second-order valence-electron chi connectivity index (χ2n) is 5.92. The lowest BCUT2D eigenvalue weighted by Crippen LogP contribution is -2.33. The maximum atomic E-state index is 13.7. The van der Waals surface area contributed by atoms with Gasteiger partial charge in [0.2, 0.25) is 10.0 Å². The zero-order chi connectivity index (χ0) is 15.6. The summed E-state index contributed by atoms with van der Waals surface area (Å²) in [5, 5.41) is 0. The molecule has 1 fully saturated rings. The number of nitrogens with two attached hydrogens (primary N) is 1. The zero-order valence-corrected chi connectivity index (χ0v) is 13.4. The Balaban J connectivity index is 2.24. The van der Waals surface area contributed by atoms with E-state index in [9.17, 15) is 12.8 Å². The van der Waals surface area contributed by atoms with Crippen LogP contribution in [0.5, 0.6) is 0 Å². The Bertz CT molecular complexity index is 610. The van der Waals surface area contributed by atoms with Crippen LogP contribution in [0.3, 0.4) is 0 Å². The highest BCUT2D eigenvalue weighted by molar-refractivity contribution is 7.89. The summed E-state index contributed by atoms with van der Waals surface area (Å²) >= 11 is 0. The normalized spacial score (nSPS) is 17.3. The van der Waals surface area contributed by atoms with Crippen molar-refractivity contribution >= 4 is 15.7 Å². The molecule has 6 heteroatoms. The Morgan fingerprint density at radius 2 is 1.90 bits per heavy atom. The molecule has 0 spiro atoms. The van der Waals surface area contributed by atoms with E-state index in [0.29, 0.717) is 12.5 Å². The van der Waals surface area contributed by atoms with Crippen molar-refractivity contribution in [3.8, 4) is 0 Å². The van der Waals surface area contributed by atoms with E-state index in [0.717, 1.165) is 31.7 Å². The second kappa shape index (κ2) is 6.32. The highest BCUT2D eigenvalue weighted by Gasteiger charge is 2.27. The average molecular weight is 314 g/mol. The van der Waals surface area contributed by atoms with Gasteiger partial charge in [0.25, 0.3) is 0 Å². The number of anilines is 1. The largest absolute Gasteiger partial charge is 0.399 e. The molecule has 0 unspecified atom stereocenters. The number of hydrogen-bond acceptors (Lipinski definition) is 3. The molecule has 0 amide bonds. The van der Waals surface area contributed by atoms with Crippen molar-refractivity contribution in [1.82, 2.24) is 4.31 Å². The van der Waals surface area contributed by atoms with Gasteiger partial charge in [-0.2, -0.15) is 0 Å². The lowest BCUT2D eigenvalue weighted by Gasteiger charge is -2.27. The number of sulfonamides is 1. The Morgan fingerprint density at radius 1 is 1.29 bits per heavy atom. The highest BCUT2D eigenvalue weighted by Crippen LogP contribution is 2.28. The van der Waals surface area contributed by atoms with Gasteiger partial charge in [-0.1, -0.05) is 19.3 Å². The van der Waals surface area contributed by atoms with E-state index in [4.69, 9.17) is 5.73 Å². The molecule has 2 rings (SSSR count). The predicted molar refractivity (Wildman–Crippen MR) is 81.9 cm³/mol. The van der Waals surface area contributed by atoms with Gasteiger partial charge in [-0.3, -0.25) is 0 Å². The van der Waals surface area contributed by atoms with Crippen molar-refractivity contribution in [1.29, 1.82) is 0 Å². The molecule has 1 aromatic carbocycles.